The third-order valence-corrected chi connectivity index (χ3v) is 3.30. The lowest BCUT2D eigenvalue weighted by molar-refractivity contribution is 0.0505. The molecule has 0 saturated heterocycles. The maximum absolute atomic E-state index is 12.3. The van der Waals surface area contributed by atoms with Crippen molar-refractivity contribution in [3.8, 4) is 5.75 Å². The summed E-state index contributed by atoms with van der Waals surface area (Å²) < 4.78 is 10.6. The van der Waals surface area contributed by atoms with E-state index in [1.165, 1.54) is 0 Å². The molecule has 2 aromatic carbocycles. The standard InChI is InChI=1S/C20H23NO4/c1-4-13-24-20(23)16-5-9-17(10-6-16)21-19(22)15-7-11-18(12-8-15)25-14(2)3/h5-12,14H,4,13H2,1-3H3,(H,21,22). The van der Waals surface area contributed by atoms with Gasteiger partial charge in [0.1, 0.15) is 5.75 Å². The lowest BCUT2D eigenvalue weighted by Crippen LogP contribution is -2.12. The van der Waals surface area contributed by atoms with E-state index in [4.69, 9.17) is 9.47 Å². The van der Waals surface area contributed by atoms with Crippen molar-refractivity contribution in [1.82, 2.24) is 0 Å². The van der Waals surface area contributed by atoms with Gasteiger partial charge < -0.3 is 14.8 Å². The summed E-state index contributed by atoms with van der Waals surface area (Å²) in [6.45, 7) is 6.23. The molecular formula is C20H23NO4. The Morgan fingerprint density at radius 1 is 0.960 bits per heavy atom. The number of benzene rings is 2. The highest BCUT2D eigenvalue weighted by atomic mass is 16.5. The average molecular weight is 341 g/mol. The zero-order valence-electron chi connectivity index (χ0n) is 14.7. The Hall–Kier alpha value is -2.82. The zero-order valence-corrected chi connectivity index (χ0v) is 14.7. The second kappa shape index (κ2) is 8.87. The first-order valence-corrected chi connectivity index (χ1v) is 8.35. The normalized spacial score (nSPS) is 10.4. The molecule has 0 bridgehead atoms. The molecule has 5 nitrogen and oxygen atoms in total. The first-order chi connectivity index (χ1) is 12.0. The average Bonchev–Trinajstić information content (AvgIpc) is 2.60. The van der Waals surface area contributed by atoms with Crippen molar-refractivity contribution in [2.24, 2.45) is 0 Å². The van der Waals surface area contributed by atoms with Crippen LogP contribution in [0, 0.1) is 0 Å². The molecule has 132 valence electrons. The molecule has 0 fully saturated rings. The highest BCUT2D eigenvalue weighted by Crippen LogP contribution is 2.16. The topological polar surface area (TPSA) is 64.6 Å². The minimum Gasteiger partial charge on any atom is -0.491 e. The van der Waals surface area contributed by atoms with Gasteiger partial charge in [0, 0.05) is 11.3 Å². The van der Waals surface area contributed by atoms with E-state index in [9.17, 15) is 9.59 Å². The highest BCUT2D eigenvalue weighted by Gasteiger charge is 2.09. The summed E-state index contributed by atoms with van der Waals surface area (Å²) in [4.78, 5) is 24.0. The monoisotopic (exact) mass is 341 g/mol. The summed E-state index contributed by atoms with van der Waals surface area (Å²) in [5.74, 6) is 0.138. The van der Waals surface area contributed by atoms with E-state index in [2.05, 4.69) is 5.32 Å². The molecule has 0 aromatic heterocycles. The van der Waals surface area contributed by atoms with Gasteiger partial charge in [-0.2, -0.15) is 0 Å². The molecular weight excluding hydrogens is 318 g/mol. The number of carbonyl (C=O) groups is 2. The third-order valence-electron chi connectivity index (χ3n) is 3.30. The van der Waals surface area contributed by atoms with Crippen molar-refractivity contribution in [3.63, 3.8) is 0 Å². The van der Waals surface area contributed by atoms with Crippen LogP contribution in [0.2, 0.25) is 0 Å². The number of hydrogen-bond acceptors (Lipinski definition) is 4. The zero-order chi connectivity index (χ0) is 18.2. The Kier molecular flexibility index (Phi) is 6.57. The number of ether oxygens (including phenoxy) is 2. The van der Waals surface area contributed by atoms with E-state index < -0.39 is 0 Å². The number of esters is 1. The van der Waals surface area contributed by atoms with E-state index in [1.807, 2.05) is 20.8 Å². The van der Waals surface area contributed by atoms with Crippen LogP contribution >= 0.6 is 0 Å². The Morgan fingerprint density at radius 2 is 1.56 bits per heavy atom. The number of carbonyl (C=O) groups excluding carboxylic acids is 2. The summed E-state index contributed by atoms with van der Waals surface area (Å²) in [6, 6.07) is 13.6. The maximum Gasteiger partial charge on any atom is 0.338 e. The maximum atomic E-state index is 12.3. The van der Waals surface area contributed by atoms with Crippen LogP contribution in [-0.4, -0.2) is 24.6 Å². The summed E-state index contributed by atoms with van der Waals surface area (Å²) in [6.07, 6.45) is 0.864. The molecule has 0 aliphatic heterocycles. The lowest BCUT2D eigenvalue weighted by atomic mass is 10.1. The second-order valence-electron chi connectivity index (χ2n) is 5.86. The van der Waals surface area contributed by atoms with Crippen molar-refractivity contribution >= 4 is 17.6 Å². The summed E-state index contributed by atoms with van der Waals surface area (Å²) >= 11 is 0. The van der Waals surface area contributed by atoms with E-state index in [0.29, 0.717) is 23.4 Å². The molecule has 0 heterocycles. The molecule has 2 aromatic rings. The number of anilines is 1. The molecule has 0 radical (unpaired) electrons. The molecule has 1 amide bonds. The van der Waals surface area contributed by atoms with Gasteiger partial charge in [0.05, 0.1) is 18.3 Å². The molecule has 0 aliphatic rings. The van der Waals surface area contributed by atoms with Gasteiger partial charge in [-0.05, 0) is 68.8 Å². The number of rotatable bonds is 7. The first-order valence-electron chi connectivity index (χ1n) is 8.35. The fraction of sp³-hybridized carbons (Fsp3) is 0.300. The first kappa shape index (κ1) is 18.5. The van der Waals surface area contributed by atoms with Crippen LogP contribution in [0.5, 0.6) is 5.75 Å². The predicted molar refractivity (Wildman–Crippen MR) is 97.2 cm³/mol. The molecule has 0 aliphatic carbocycles. The fourth-order valence-electron chi connectivity index (χ4n) is 2.13. The van der Waals surface area contributed by atoms with Crippen molar-refractivity contribution < 1.29 is 19.1 Å². The van der Waals surface area contributed by atoms with Crippen molar-refractivity contribution in [2.45, 2.75) is 33.3 Å². The van der Waals surface area contributed by atoms with E-state index >= 15 is 0 Å². The third kappa shape index (κ3) is 5.64. The van der Waals surface area contributed by atoms with Gasteiger partial charge >= 0.3 is 5.97 Å². The summed E-state index contributed by atoms with van der Waals surface area (Å²) in [7, 11) is 0. The number of hydrogen-bond donors (Lipinski definition) is 1. The van der Waals surface area contributed by atoms with Gasteiger partial charge in [0.2, 0.25) is 0 Å². The summed E-state index contributed by atoms with van der Waals surface area (Å²) in [5, 5.41) is 2.80. The highest BCUT2D eigenvalue weighted by molar-refractivity contribution is 6.04. The van der Waals surface area contributed by atoms with Gasteiger partial charge in [-0.3, -0.25) is 4.79 Å². The molecule has 0 atom stereocenters. The van der Waals surface area contributed by atoms with Crippen LogP contribution in [0.1, 0.15) is 47.9 Å². The van der Waals surface area contributed by atoms with E-state index in [0.717, 1.165) is 12.2 Å². The molecule has 0 spiro atoms. The van der Waals surface area contributed by atoms with Gasteiger partial charge in [-0.1, -0.05) is 6.92 Å². The van der Waals surface area contributed by atoms with Crippen LogP contribution in [0.3, 0.4) is 0 Å². The van der Waals surface area contributed by atoms with Gasteiger partial charge in [-0.25, -0.2) is 4.79 Å². The van der Waals surface area contributed by atoms with Crippen molar-refractivity contribution in [3.05, 3.63) is 59.7 Å². The molecule has 2 rings (SSSR count). The molecule has 25 heavy (non-hydrogen) atoms. The minimum atomic E-state index is -0.361. The molecule has 0 saturated carbocycles. The van der Waals surface area contributed by atoms with E-state index in [-0.39, 0.29) is 18.0 Å². The van der Waals surface area contributed by atoms with Crippen LogP contribution in [-0.2, 0) is 4.74 Å². The fourth-order valence-corrected chi connectivity index (χ4v) is 2.13. The minimum absolute atomic E-state index is 0.0854. The van der Waals surface area contributed by atoms with Crippen LogP contribution < -0.4 is 10.1 Å². The largest absolute Gasteiger partial charge is 0.491 e. The summed E-state index contributed by atoms with van der Waals surface area (Å²) in [5.41, 5.74) is 1.60. The Labute approximate surface area is 148 Å². The van der Waals surface area contributed by atoms with Crippen molar-refractivity contribution in [1.29, 1.82) is 0 Å². The Morgan fingerprint density at radius 3 is 2.12 bits per heavy atom. The molecule has 5 heteroatoms. The molecule has 0 unspecified atom stereocenters. The van der Waals surface area contributed by atoms with Crippen LogP contribution in [0.15, 0.2) is 48.5 Å². The Bertz CT molecular complexity index is 705. The lowest BCUT2D eigenvalue weighted by Gasteiger charge is -2.10. The second-order valence-corrected chi connectivity index (χ2v) is 5.86. The van der Waals surface area contributed by atoms with Gasteiger partial charge in [0.25, 0.3) is 5.91 Å². The predicted octanol–water partition coefficient (Wildman–Crippen LogP) is 4.29. The Balaban J connectivity index is 1.97. The van der Waals surface area contributed by atoms with Crippen LogP contribution in [0.25, 0.3) is 0 Å². The van der Waals surface area contributed by atoms with Crippen LogP contribution in [0.4, 0.5) is 5.69 Å². The molecule has 1 N–H and O–H groups in total. The van der Waals surface area contributed by atoms with Crippen molar-refractivity contribution in [2.75, 3.05) is 11.9 Å². The van der Waals surface area contributed by atoms with E-state index in [1.54, 1.807) is 48.5 Å². The number of amides is 1. The SMILES string of the molecule is CCCOC(=O)c1ccc(NC(=O)c2ccc(OC(C)C)cc2)cc1. The van der Waals surface area contributed by atoms with Gasteiger partial charge in [0.15, 0.2) is 0 Å². The van der Waals surface area contributed by atoms with Gasteiger partial charge in [-0.15, -0.1) is 0 Å². The smallest absolute Gasteiger partial charge is 0.338 e. The quantitative estimate of drug-likeness (QED) is 0.763. The number of nitrogens with one attached hydrogen (secondary N) is 1.